The first kappa shape index (κ1) is 18.2. The Morgan fingerprint density at radius 1 is 1.04 bits per heavy atom. The van der Waals surface area contributed by atoms with Gasteiger partial charge in [0.2, 0.25) is 0 Å². The summed E-state index contributed by atoms with van der Waals surface area (Å²) in [7, 11) is 2.21. The number of hydrogen-bond acceptors (Lipinski definition) is 4. The normalized spacial score (nSPS) is 21.1. The van der Waals surface area contributed by atoms with E-state index in [0.29, 0.717) is 12.5 Å². The Morgan fingerprint density at radius 2 is 1.80 bits per heavy atom. The van der Waals surface area contributed by atoms with Gasteiger partial charge in [-0.25, -0.2) is 4.79 Å². The molecule has 1 amide bonds. The maximum atomic E-state index is 12.2. The van der Waals surface area contributed by atoms with Crippen LogP contribution in [0.1, 0.15) is 24.8 Å². The molecule has 2 fully saturated rings. The van der Waals surface area contributed by atoms with Gasteiger partial charge in [0, 0.05) is 32.7 Å². The van der Waals surface area contributed by atoms with Crippen molar-refractivity contribution in [1.82, 2.24) is 14.7 Å². The Hall–Kier alpha value is -1.59. The van der Waals surface area contributed by atoms with Crippen molar-refractivity contribution in [1.29, 1.82) is 0 Å². The quantitative estimate of drug-likeness (QED) is 0.841. The molecule has 1 aromatic carbocycles. The highest BCUT2D eigenvalue weighted by molar-refractivity contribution is 5.67. The lowest BCUT2D eigenvalue weighted by molar-refractivity contribution is 0.0774. The van der Waals surface area contributed by atoms with E-state index in [1.165, 1.54) is 39.1 Å². The van der Waals surface area contributed by atoms with E-state index in [1.54, 1.807) is 0 Å². The van der Waals surface area contributed by atoms with Gasteiger partial charge in [-0.15, -0.1) is 0 Å². The smallest absolute Gasteiger partial charge is 0.410 e. The maximum absolute atomic E-state index is 12.2. The second-order valence-corrected chi connectivity index (χ2v) is 7.43. The van der Waals surface area contributed by atoms with E-state index in [-0.39, 0.29) is 6.09 Å². The van der Waals surface area contributed by atoms with Crippen LogP contribution in [-0.2, 0) is 11.3 Å². The van der Waals surface area contributed by atoms with E-state index in [1.807, 2.05) is 35.2 Å². The van der Waals surface area contributed by atoms with Crippen LogP contribution in [0.5, 0.6) is 0 Å². The third kappa shape index (κ3) is 5.72. The SMILES string of the molecule is CN1CCCN(CC2CCN(C(=O)OCc3ccccc3)CC2)CC1. The summed E-state index contributed by atoms with van der Waals surface area (Å²) in [6.07, 6.45) is 3.28. The van der Waals surface area contributed by atoms with Crippen LogP contribution in [0.4, 0.5) is 4.79 Å². The summed E-state index contributed by atoms with van der Waals surface area (Å²) in [4.78, 5) is 19.1. The summed E-state index contributed by atoms with van der Waals surface area (Å²) in [6, 6.07) is 9.87. The Morgan fingerprint density at radius 3 is 2.56 bits per heavy atom. The molecule has 5 heteroatoms. The fourth-order valence-corrected chi connectivity index (χ4v) is 3.76. The van der Waals surface area contributed by atoms with Crippen LogP contribution in [0.15, 0.2) is 30.3 Å². The number of carbonyl (C=O) groups is 1. The van der Waals surface area contributed by atoms with Crippen LogP contribution >= 0.6 is 0 Å². The molecule has 0 bridgehead atoms. The molecule has 2 aliphatic heterocycles. The number of likely N-dealkylation sites (tertiary alicyclic amines) is 1. The standard InChI is InChI=1S/C20H31N3O2/c1-21-10-5-11-22(15-14-21)16-18-8-12-23(13-9-18)20(24)25-17-19-6-3-2-4-7-19/h2-4,6-7,18H,5,8-17H2,1H3. The van der Waals surface area contributed by atoms with Crippen LogP contribution in [-0.4, -0.2) is 73.7 Å². The Bertz CT molecular complexity index is 529. The summed E-state index contributed by atoms with van der Waals surface area (Å²) in [5, 5.41) is 0. The van der Waals surface area contributed by atoms with Crippen molar-refractivity contribution in [3.63, 3.8) is 0 Å². The molecule has 2 heterocycles. The van der Waals surface area contributed by atoms with Gasteiger partial charge in [-0.3, -0.25) is 0 Å². The van der Waals surface area contributed by atoms with Gasteiger partial charge in [0.15, 0.2) is 0 Å². The molecule has 0 radical (unpaired) electrons. The lowest BCUT2D eigenvalue weighted by Crippen LogP contribution is -2.42. The second-order valence-electron chi connectivity index (χ2n) is 7.43. The molecular weight excluding hydrogens is 314 g/mol. The predicted octanol–water partition coefficient (Wildman–Crippen LogP) is 2.67. The van der Waals surface area contributed by atoms with E-state index >= 15 is 0 Å². The first-order chi connectivity index (χ1) is 12.2. The molecule has 0 spiro atoms. The number of carbonyl (C=O) groups excluding carboxylic acids is 1. The van der Waals surface area contributed by atoms with Crippen LogP contribution < -0.4 is 0 Å². The fourth-order valence-electron chi connectivity index (χ4n) is 3.76. The Balaban J connectivity index is 1.37. The number of piperidine rings is 1. The van der Waals surface area contributed by atoms with Gasteiger partial charge in [-0.05, 0) is 50.9 Å². The van der Waals surface area contributed by atoms with Gasteiger partial charge >= 0.3 is 6.09 Å². The summed E-state index contributed by atoms with van der Waals surface area (Å²) < 4.78 is 5.45. The average molecular weight is 345 g/mol. The van der Waals surface area contributed by atoms with Crippen molar-refractivity contribution in [2.45, 2.75) is 25.9 Å². The zero-order valence-corrected chi connectivity index (χ0v) is 15.4. The van der Waals surface area contributed by atoms with E-state index < -0.39 is 0 Å². The molecule has 0 aromatic heterocycles. The first-order valence-electron chi connectivity index (χ1n) is 9.57. The summed E-state index contributed by atoms with van der Waals surface area (Å²) in [5.41, 5.74) is 1.04. The van der Waals surface area contributed by atoms with Crippen LogP contribution in [0.2, 0.25) is 0 Å². The fraction of sp³-hybridized carbons (Fsp3) is 0.650. The molecule has 0 aliphatic carbocycles. The van der Waals surface area contributed by atoms with Crippen molar-refractivity contribution in [3.8, 4) is 0 Å². The molecule has 0 atom stereocenters. The number of benzene rings is 1. The first-order valence-corrected chi connectivity index (χ1v) is 9.57. The highest BCUT2D eigenvalue weighted by atomic mass is 16.6. The van der Waals surface area contributed by atoms with Gasteiger partial charge < -0.3 is 19.4 Å². The largest absolute Gasteiger partial charge is 0.445 e. The van der Waals surface area contributed by atoms with E-state index in [4.69, 9.17) is 4.74 Å². The molecule has 2 saturated heterocycles. The van der Waals surface area contributed by atoms with Crippen molar-refractivity contribution >= 4 is 6.09 Å². The average Bonchev–Trinajstić information content (AvgIpc) is 2.85. The van der Waals surface area contributed by atoms with Gasteiger partial charge in [0.1, 0.15) is 6.61 Å². The topological polar surface area (TPSA) is 36.0 Å². The molecule has 138 valence electrons. The second kappa shape index (κ2) is 9.20. The summed E-state index contributed by atoms with van der Waals surface area (Å²) >= 11 is 0. The van der Waals surface area contributed by atoms with Gasteiger partial charge in [0.05, 0.1) is 0 Å². The van der Waals surface area contributed by atoms with Gasteiger partial charge in [-0.1, -0.05) is 30.3 Å². The monoisotopic (exact) mass is 345 g/mol. The van der Waals surface area contributed by atoms with Crippen molar-refractivity contribution in [2.24, 2.45) is 5.92 Å². The van der Waals surface area contributed by atoms with Crippen LogP contribution in [0.25, 0.3) is 0 Å². The molecule has 2 aliphatic rings. The predicted molar refractivity (Wildman–Crippen MR) is 99.5 cm³/mol. The minimum absolute atomic E-state index is 0.168. The lowest BCUT2D eigenvalue weighted by Gasteiger charge is -2.34. The zero-order valence-electron chi connectivity index (χ0n) is 15.4. The van der Waals surface area contributed by atoms with Crippen molar-refractivity contribution < 1.29 is 9.53 Å². The summed E-state index contributed by atoms with van der Waals surface area (Å²) in [5.74, 6) is 0.710. The zero-order chi connectivity index (χ0) is 17.5. The van der Waals surface area contributed by atoms with Gasteiger partial charge in [-0.2, -0.15) is 0 Å². The lowest BCUT2D eigenvalue weighted by atomic mass is 9.96. The highest BCUT2D eigenvalue weighted by Gasteiger charge is 2.25. The van der Waals surface area contributed by atoms with E-state index in [2.05, 4.69) is 16.8 Å². The third-order valence-electron chi connectivity index (χ3n) is 5.41. The Kier molecular flexibility index (Phi) is 6.70. The third-order valence-corrected chi connectivity index (χ3v) is 5.41. The molecule has 25 heavy (non-hydrogen) atoms. The molecular formula is C20H31N3O2. The molecule has 0 N–H and O–H groups in total. The number of hydrogen-bond donors (Lipinski definition) is 0. The minimum Gasteiger partial charge on any atom is -0.445 e. The number of rotatable bonds is 4. The number of ether oxygens (including phenoxy) is 1. The maximum Gasteiger partial charge on any atom is 0.410 e. The molecule has 1 aromatic rings. The van der Waals surface area contributed by atoms with Gasteiger partial charge in [0.25, 0.3) is 0 Å². The highest BCUT2D eigenvalue weighted by Crippen LogP contribution is 2.20. The van der Waals surface area contributed by atoms with E-state index in [0.717, 1.165) is 31.5 Å². The van der Waals surface area contributed by atoms with E-state index in [9.17, 15) is 4.79 Å². The molecule has 0 unspecified atom stereocenters. The minimum atomic E-state index is -0.168. The molecule has 5 nitrogen and oxygen atoms in total. The van der Waals surface area contributed by atoms with Crippen molar-refractivity contribution in [3.05, 3.63) is 35.9 Å². The molecule has 0 saturated carbocycles. The number of amides is 1. The number of likely N-dealkylation sites (N-methyl/N-ethyl adjacent to an activating group) is 1. The van der Waals surface area contributed by atoms with Crippen LogP contribution in [0, 0.1) is 5.92 Å². The Labute approximate surface area is 151 Å². The van der Waals surface area contributed by atoms with Crippen molar-refractivity contribution in [2.75, 3.05) is 52.9 Å². The molecule has 3 rings (SSSR count). The van der Waals surface area contributed by atoms with Crippen LogP contribution in [0.3, 0.4) is 0 Å². The summed E-state index contributed by atoms with van der Waals surface area (Å²) in [6.45, 7) is 7.96. The number of nitrogens with zero attached hydrogens (tertiary/aromatic N) is 3.